The smallest absolute Gasteiger partial charge is 0.411 e. The predicted octanol–water partition coefficient (Wildman–Crippen LogP) is 1.54. The van der Waals surface area contributed by atoms with Crippen LogP contribution in [0.1, 0.15) is 12.5 Å². The van der Waals surface area contributed by atoms with Gasteiger partial charge in [-0.25, -0.2) is 4.79 Å². The summed E-state index contributed by atoms with van der Waals surface area (Å²) in [5.41, 5.74) is 1.71. The molecule has 0 aliphatic carbocycles. The Bertz CT molecular complexity index is 404. The van der Waals surface area contributed by atoms with Gasteiger partial charge in [-0.05, 0) is 24.1 Å². The zero-order chi connectivity index (χ0) is 12.7. The molecule has 0 radical (unpaired) electrons. The SMILES string of the molecule is COC(=O)Nc1cccc(CCNC(C)=O)c1. The summed E-state index contributed by atoms with van der Waals surface area (Å²) < 4.78 is 4.50. The van der Waals surface area contributed by atoms with Crippen molar-refractivity contribution in [2.24, 2.45) is 0 Å². The quantitative estimate of drug-likeness (QED) is 0.833. The molecule has 1 rings (SSSR count). The maximum Gasteiger partial charge on any atom is 0.411 e. The molecule has 0 fully saturated rings. The third-order valence-electron chi connectivity index (χ3n) is 2.15. The van der Waals surface area contributed by atoms with Crippen LogP contribution in [0.3, 0.4) is 0 Å². The number of benzene rings is 1. The first-order valence-corrected chi connectivity index (χ1v) is 5.30. The fourth-order valence-electron chi connectivity index (χ4n) is 1.36. The average Bonchev–Trinajstić information content (AvgIpc) is 2.29. The van der Waals surface area contributed by atoms with E-state index in [1.54, 1.807) is 6.07 Å². The Morgan fingerprint density at radius 1 is 1.35 bits per heavy atom. The Hall–Kier alpha value is -2.04. The van der Waals surface area contributed by atoms with Crippen LogP contribution in [0.2, 0.25) is 0 Å². The molecular formula is C12H16N2O3. The first-order valence-electron chi connectivity index (χ1n) is 5.30. The Morgan fingerprint density at radius 2 is 2.12 bits per heavy atom. The van der Waals surface area contributed by atoms with Crippen LogP contribution in [-0.2, 0) is 16.0 Å². The molecule has 0 aliphatic rings. The minimum atomic E-state index is -0.496. The third kappa shape index (κ3) is 5.01. The second-order valence-electron chi connectivity index (χ2n) is 3.55. The molecule has 1 aromatic rings. The molecule has 0 spiro atoms. The second kappa shape index (κ2) is 6.52. The number of methoxy groups -OCH3 is 1. The lowest BCUT2D eigenvalue weighted by Gasteiger charge is -2.06. The summed E-state index contributed by atoms with van der Waals surface area (Å²) in [6.45, 7) is 2.06. The lowest BCUT2D eigenvalue weighted by atomic mass is 10.1. The van der Waals surface area contributed by atoms with Crippen molar-refractivity contribution in [2.45, 2.75) is 13.3 Å². The topological polar surface area (TPSA) is 67.4 Å². The van der Waals surface area contributed by atoms with E-state index >= 15 is 0 Å². The van der Waals surface area contributed by atoms with Gasteiger partial charge in [-0.15, -0.1) is 0 Å². The maximum atomic E-state index is 11.0. The van der Waals surface area contributed by atoms with Crippen LogP contribution in [0.15, 0.2) is 24.3 Å². The van der Waals surface area contributed by atoms with Crippen molar-refractivity contribution in [1.82, 2.24) is 5.32 Å². The molecule has 0 aromatic heterocycles. The van der Waals surface area contributed by atoms with Crippen molar-refractivity contribution >= 4 is 17.7 Å². The lowest BCUT2D eigenvalue weighted by Crippen LogP contribution is -2.22. The van der Waals surface area contributed by atoms with Crippen LogP contribution in [0.25, 0.3) is 0 Å². The minimum Gasteiger partial charge on any atom is -0.453 e. The monoisotopic (exact) mass is 236 g/mol. The Balaban J connectivity index is 2.53. The molecule has 0 saturated carbocycles. The molecule has 2 amide bonds. The van der Waals surface area contributed by atoms with E-state index in [-0.39, 0.29) is 5.91 Å². The summed E-state index contributed by atoms with van der Waals surface area (Å²) in [6.07, 6.45) is 0.222. The summed E-state index contributed by atoms with van der Waals surface area (Å²) >= 11 is 0. The number of amides is 2. The molecule has 0 heterocycles. The van der Waals surface area contributed by atoms with Crippen LogP contribution in [-0.4, -0.2) is 25.7 Å². The van der Waals surface area contributed by atoms with E-state index in [2.05, 4.69) is 15.4 Å². The minimum absolute atomic E-state index is 0.0474. The molecule has 0 bridgehead atoms. The van der Waals surface area contributed by atoms with Gasteiger partial charge in [0.15, 0.2) is 0 Å². The number of nitrogens with one attached hydrogen (secondary N) is 2. The highest BCUT2D eigenvalue weighted by atomic mass is 16.5. The molecule has 5 heteroatoms. The average molecular weight is 236 g/mol. The van der Waals surface area contributed by atoms with Gasteiger partial charge in [-0.1, -0.05) is 12.1 Å². The van der Waals surface area contributed by atoms with Crippen LogP contribution < -0.4 is 10.6 Å². The molecular weight excluding hydrogens is 220 g/mol. The van der Waals surface area contributed by atoms with Crippen molar-refractivity contribution in [3.05, 3.63) is 29.8 Å². The number of hydrogen-bond acceptors (Lipinski definition) is 3. The van der Waals surface area contributed by atoms with Gasteiger partial charge in [-0.2, -0.15) is 0 Å². The van der Waals surface area contributed by atoms with Gasteiger partial charge >= 0.3 is 6.09 Å². The highest BCUT2D eigenvalue weighted by Gasteiger charge is 2.01. The molecule has 2 N–H and O–H groups in total. The van der Waals surface area contributed by atoms with E-state index in [4.69, 9.17) is 0 Å². The van der Waals surface area contributed by atoms with Crippen LogP contribution in [0, 0.1) is 0 Å². The molecule has 92 valence electrons. The number of rotatable bonds is 4. The molecule has 0 unspecified atom stereocenters. The van der Waals surface area contributed by atoms with Crippen molar-refractivity contribution in [2.75, 3.05) is 19.0 Å². The van der Waals surface area contributed by atoms with Gasteiger partial charge in [0.1, 0.15) is 0 Å². The summed E-state index contributed by atoms with van der Waals surface area (Å²) in [6, 6.07) is 7.40. The summed E-state index contributed by atoms with van der Waals surface area (Å²) in [5.74, 6) is -0.0474. The second-order valence-corrected chi connectivity index (χ2v) is 3.55. The highest BCUT2D eigenvalue weighted by Crippen LogP contribution is 2.11. The number of ether oxygens (including phenoxy) is 1. The van der Waals surface area contributed by atoms with Gasteiger partial charge in [0.2, 0.25) is 5.91 Å². The predicted molar refractivity (Wildman–Crippen MR) is 64.9 cm³/mol. The maximum absolute atomic E-state index is 11.0. The van der Waals surface area contributed by atoms with Gasteiger partial charge in [0.05, 0.1) is 7.11 Å². The van der Waals surface area contributed by atoms with E-state index in [0.29, 0.717) is 12.2 Å². The molecule has 1 aromatic carbocycles. The fourth-order valence-corrected chi connectivity index (χ4v) is 1.36. The van der Waals surface area contributed by atoms with Gasteiger partial charge in [0.25, 0.3) is 0 Å². The van der Waals surface area contributed by atoms with Crippen LogP contribution in [0.4, 0.5) is 10.5 Å². The van der Waals surface area contributed by atoms with Crippen LogP contribution in [0.5, 0.6) is 0 Å². The highest BCUT2D eigenvalue weighted by molar-refractivity contribution is 5.84. The summed E-state index contributed by atoms with van der Waals surface area (Å²) in [5, 5.41) is 5.30. The van der Waals surface area contributed by atoms with Crippen molar-refractivity contribution in [3.63, 3.8) is 0 Å². The number of carbonyl (C=O) groups excluding carboxylic acids is 2. The molecule has 5 nitrogen and oxygen atoms in total. The Labute approximate surface area is 100 Å². The van der Waals surface area contributed by atoms with Gasteiger partial charge < -0.3 is 10.1 Å². The first kappa shape index (κ1) is 13.0. The van der Waals surface area contributed by atoms with E-state index < -0.39 is 6.09 Å². The van der Waals surface area contributed by atoms with Crippen molar-refractivity contribution in [1.29, 1.82) is 0 Å². The normalized spacial score (nSPS) is 9.53. The molecule has 17 heavy (non-hydrogen) atoms. The number of carbonyl (C=O) groups is 2. The zero-order valence-corrected chi connectivity index (χ0v) is 9.95. The number of anilines is 1. The van der Waals surface area contributed by atoms with Crippen molar-refractivity contribution in [3.8, 4) is 0 Å². The van der Waals surface area contributed by atoms with E-state index in [9.17, 15) is 9.59 Å². The lowest BCUT2D eigenvalue weighted by molar-refractivity contribution is -0.118. The van der Waals surface area contributed by atoms with E-state index in [1.807, 2.05) is 18.2 Å². The molecule has 0 saturated heterocycles. The third-order valence-corrected chi connectivity index (χ3v) is 2.15. The van der Waals surface area contributed by atoms with Gasteiger partial charge in [0, 0.05) is 19.2 Å². The van der Waals surface area contributed by atoms with Crippen molar-refractivity contribution < 1.29 is 14.3 Å². The summed E-state index contributed by atoms with van der Waals surface area (Å²) in [7, 11) is 1.32. The van der Waals surface area contributed by atoms with Gasteiger partial charge in [-0.3, -0.25) is 10.1 Å². The Kier molecular flexibility index (Phi) is 5.00. The van der Waals surface area contributed by atoms with E-state index in [0.717, 1.165) is 12.0 Å². The summed E-state index contributed by atoms with van der Waals surface area (Å²) in [4.78, 5) is 21.7. The standard InChI is InChI=1S/C12H16N2O3/c1-9(15)13-7-6-10-4-3-5-11(8-10)14-12(16)17-2/h3-5,8H,6-7H2,1-2H3,(H,13,15)(H,14,16). The molecule has 0 atom stereocenters. The first-order chi connectivity index (χ1) is 8.11. The molecule has 0 aliphatic heterocycles. The number of hydrogen-bond donors (Lipinski definition) is 2. The van der Waals surface area contributed by atoms with E-state index in [1.165, 1.54) is 14.0 Å². The largest absolute Gasteiger partial charge is 0.453 e. The zero-order valence-electron chi connectivity index (χ0n) is 9.95. The van der Waals surface area contributed by atoms with Crippen LogP contribution >= 0.6 is 0 Å². The fraction of sp³-hybridized carbons (Fsp3) is 0.333. The Morgan fingerprint density at radius 3 is 2.76 bits per heavy atom.